The smallest absolute Gasteiger partial charge is 0.157 e. The molecular formula is C30H58O2. The van der Waals surface area contributed by atoms with Gasteiger partial charge in [-0.3, -0.25) is 0 Å². The first-order chi connectivity index (χ1) is 15.8. The third kappa shape index (κ3) is 25.7. The molecule has 0 aromatic rings. The summed E-state index contributed by atoms with van der Waals surface area (Å²) in [5.41, 5.74) is 0. The summed E-state index contributed by atoms with van der Waals surface area (Å²) in [5.74, 6) is 0. The highest BCUT2D eigenvalue weighted by Gasteiger charge is 2.09. The lowest BCUT2D eigenvalue weighted by Crippen LogP contribution is -2.19. The van der Waals surface area contributed by atoms with E-state index in [1.54, 1.807) is 0 Å². The molecule has 0 aromatic heterocycles. The molecule has 0 fully saturated rings. The van der Waals surface area contributed by atoms with E-state index >= 15 is 0 Å². The van der Waals surface area contributed by atoms with Crippen molar-refractivity contribution in [2.75, 3.05) is 13.2 Å². The lowest BCUT2D eigenvalue weighted by Gasteiger charge is -2.19. The monoisotopic (exact) mass is 450 g/mol. The second-order valence-corrected chi connectivity index (χ2v) is 9.30. The van der Waals surface area contributed by atoms with Gasteiger partial charge in [0.05, 0.1) is 0 Å². The molecule has 0 spiro atoms. The summed E-state index contributed by atoms with van der Waals surface area (Å²) in [6, 6.07) is 0. The summed E-state index contributed by atoms with van der Waals surface area (Å²) >= 11 is 0. The van der Waals surface area contributed by atoms with Gasteiger partial charge in [-0.05, 0) is 57.8 Å². The molecule has 0 heterocycles. The molecule has 0 N–H and O–H groups in total. The molecule has 0 unspecified atom stereocenters. The molecule has 0 atom stereocenters. The molecule has 0 radical (unpaired) electrons. The lowest BCUT2D eigenvalue weighted by molar-refractivity contribution is -0.148. The molecule has 2 nitrogen and oxygen atoms in total. The summed E-state index contributed by atoms with van der Waals surface area (Å²) in [6.07, 6.45) is 34.6. The van der Waals surface area contributed by atoms with E-state index in [2.05, 4.69) is 45.1 Å². The van der Waals surface area contributed by atoms with Gasteiger partial charge in [-0.15, -0.1) is 0 Å². The Morgan fingerprint density at radius 3 is 1.41 bits per heavy atom. The maximum atomic E-state index is 6.11. The first-order valence-corrected chi connectivity index (χ1v) is 14.4. The predicted octanol–water partition coefficient (Wildman–Crippen LogP) is 10.3. The fraction of sp³-hybridized carbons (Fsp3) is 0.867. The van der Waals surface area contributed by atoms with Crippen LogP contribution in [0.4, 0.5) is 0 Å². The molecule has 190 valence electrons. The molecule has 0 bridgehead atoms. The van der Waals surface area contributed by atoms with E-state index in [0.717, 1.165) is 19.6 Å². The Morgan fingerprint density at radius 2 is 0.875 bits per heavy atom. The van der Waals surface area contributed by atoms with Crippen LogP contribution < -0.4 is 0 Å². The summed E-state index contributed by atoms with van der Waals surface area (Å²) in [4.78, 5) is 0. The van der Waals surface area contributed by atoms with Crippen LogP contribution in [0, 0.1) is 0 Å². The number of unbranched alkanes of at least 4 members (excludes halogenated alkanes) is 14. The second-order valence-electron chi connectivity index (χ2n) is 9.30. The predicted molar refractivity (Wildman–Crippen MR) is 143 cm³/mol. The van der Waals surface area contributed by atoms with Crippen molar-refractivity contribution in [3.05, 3.63) is 24.3 Å². The third-order valence-corrected chi connectivity index (χ3v) is 5.97. The van der Waals surface area contributed by atoms with Crippen molar-refractivity contribution in [1.29, 1.82) is 0 Å². The van der Waals surface area contributed by atoms with E-state index in [1.807, 2.05) is 0 Å². The molecule has 0 aliphatic carbocycles. The zero-order valence-corrected chi connectivity index (χ0v) is 22.3. The Bertz CT molecular complexity index is 372. The molecule has 0 amide bonds. The van der Waals surface area contributed by atoms with Crippen molar-refractivity contribution in [2.24, 2.45) is 0 Å². The van der Waals surface area contributed by atoms with Gasteiger partial charge < -0.3 is 9.47 Å². The zero-order chi connectivity index (χ0) is 23.4. The van der Waals surface area contributed by atoms with Gasteiger partial charge in [0, 0.05) is 13.2 Å². The van der Waals surface area contributed by atoms with E-state index in [9.17, 15) is 0 Å². The van der Waals surface area contributed by atoms with Gasteiger partial charge >= 0.3 is 0 Å². The van der Waals surface area contributed by atoms with Crippen molar-refractivity contribution in [3.63, 3.8) is 0 Å². The molecule has 0 aliphatic heterocycles. The zero-order valence-electron chi connectivity index (χ0n) is 22.3. The fourth-order valence-corrected chi connectivity index (χ4v) is 3.79. The first-order valence-electron chi connectivity index (χ1n) is 14.4. The molecule has 0 saturated heterocycles. The van der Waals surface area contributed by atoms with Crippen LogP contribution in [-0.2, 0) is 9.47 Å². The fourth-order valence-electron chi connectivity index (χ4n) is 3.79. The standard InChI is InChI=1S/C30H58O2/c1-4-7-10-13-14-15-16-17-18-19-20-21-24-27-30(31-28-25-22-11-8-5-2)32-29-26-23-12-9-6-3/h13-14,17-18,30H,4-12,15-16,19-29H2,1-3H3/b14-13-,18-17-. The first kappa shape index (κ1) is 31.4. The van der Waals surface area contributed by atoms with Gasteiger partial charge in [0.1, 0.15) is 0 Å². The highest BCUT2D eigenvalue weighted by molar-refractivity contribution is 4.88. The van der Waals surface area contributed by atoms with Crippen molar-refractivity contribution in [3.8, 4) is 0 Å². The van der Waals surface area contributed by atoms with Crippen LogP contribution in [0.3, 0.4) is 0 Å². The number of ether oxygens (including phenoxy) is 2. The van der Waals surface area contributed by atoms with Crippen molar-refractivity contribution in [1.82, 2.24) is 0 Å². The van der Waals surface area contributed by atoms with Gasteiger partial charge in [0.25, 0.3) is 0 Å². The minimum atomic E-state index is 0.0161. The van der Waals surface area contributed by atoms with Crippen molar-refractivity contribution in [2.45, 2.75) is 155 Å². The number of hydrogen-bond acceptors (Lipinski definition) is 2. The summed E-state index contributed by atoms with van der Waals surface area (Å²) in [5, 5.41) is 0. The maximum absolute atomic E-state index is 6.11. The molecule has 32 heavy (non-hydrogen) atoms. The number of hydrogen-bond donors (Lipinski definition) is 0. The minimum Gasteiger partial charge on any atom is -0.353 e. The molecule has 0 saturated carbocycles. The quantitative estimate of drug-likeness (QED) is 0.0741. The summed E-state index contributed by atoms with van der Waals surface area (Å²) < 4.78 is 12.2. The van der Waals surface area contributed by atoms with E-state index in [1.165, 1.54) is 122 Å². The van der Waals surface area contributed by atoms with Gasteiger partial charge in [-0.2, -0.15) is 0 Å². The molecular weight excluding hydrogens is 392 g/mol. The summed E-state index contributed by atoms with van der Waals surface area (Å²) in [7, 11) is 0. The van der Waals surface area contributed by atoms with Crippen LogP contribution >= 0.6 is 0 Å². The lowest BCUT2D eigenvalue weighted by atomic mass is 10.1. The van der Waals surface area contributed by atoms with E-state index in [-0.39, 0.29) is 6.29 Å². The Kier molecular flexibility index (Phi) is 27.9. The summed E-state index contributed by atoms with van der Waals surface area (Å²) in [6.45, 7) is 8.51. The van der Waals surface area contributed by atoms with Gasteiger partial charge in [0.2, 0.25) is 0 Å². The van der Waals surface area contributed by atoms with Crippen LogP contribution in [-0.4, -0.2) is 19.5 Å². The van der Waals surface area contributed by atoms with E-state index in [4.69, 9.17) is 9.47 Å². The second kappa shape index (κ2) is 28.4. The van der Waals surface area contributed by atoms with Crippen molar-refractivity contribution < 1.29 is 9.47 Å². The van der Waals surface area contributed by atoms with Crippen molar-refractivity contribution >= 4 is 0 Å². The average Bonchev–Trinajstić information content (AvgIpc) is 2.80. The van der Waals surface area contributed by atoms with E-state index in [0.29, 0.717) is 0 Å². The highest BCUT2D eigenvalue weighted by atomic mass is 16.7. The number of rotatable bonds is 26. The van der Waals surface area contributed by atoms with Crippen LogP contribution in [0.1, 0.15) is 149 Å². The third-order valence-electron chi connectivity index (χ3n) is 5.97. The topological polar surface area (TPSA) is 18.5 Å². The van der Waals surface area contributed by atoms with Gasteiger partial charge in [-0.1, -0.05) is 116 Å². The largest absolute Gasteiger partial charge is 0.353 e. The van der Waals surface area contributed by atoms with Gasteiger partial charge in [0.15, 0.2) is 6.29 Å². The number of allylic oxidation sites excluding steroid dienone is 4. The Morgan fingerprint density at radius 1 is 0.438 bits per heavy atom. The van der Waals surface area contributed by atoms with Crippen LogP contribution in [0.2, 0.25) is 0 Å². The average molecular weight is 451 g/mol. The van der Waals surface area contributed by atoms with Crippen LogP contribution in [0.5, 0.6) is 0 Å². The van der Waals surface area contributed by atoms with E-state index < -0.39 is 0 Å². The highest BCUT2D eigenvalue weighted by Crippen LogP contribution is 2.13. The Balaban J connectivity index is 3.83. The molecule has 2 heteroatoms. The molecule has 0 rings (SSSR count). The maximum Gasteiger partial charge on any atom is 0.157 e. The SMILES string of the molecule is CCCC/C=C\CC/C=C\CCCCCC(OCCCCCCC)OCCCCCCC. The minimum absolute atomic E-state index is 0.0161. The van der Waals surface area contributed by atoms with Gasteiger partial charge in [-0.25, -0.2) is 0 Å². The Labute approximate surface area is 202 Å². The normalized spacial score (nSPS) is 12.1. The Hall–Kier alpha value is -0.600. The van der Waals surface area contributed by atoms with Crippen LogP contribution in [0.25, 0.3) is 0 Å². The molecule has 0 aliphatic rings. The van der Waals surface area contributed by atoms with Crippen LogP contribution in [0.15, 0.2) is 24.3 Å². The molecule has 0 aromatic carbocycles.